The minimum absolute atomic E-state index is 0.520. The molecule has 0 fully saturated rings. The van der Waals surface area contributed by atoms with E-state index in [9.17, 15) is 4.79 Å². The second-order valence-electron chi connectivity index (χ2n) is 4.19. The molecule has 0 aliphatic rings. The van der Waals surface area contributed by atoms with Crippen LogP contribution in [0.15, 0.2) is 51.9 Å². The molecule has 0 N–H and O–H groups in total. The first-order chi connectivity index (χ1) is 9.28. The Bertz CT molecular complexity index is 799. The SMILES string of the molecule is Cc1ccccc1-c1nc2cc(N=C=O)ccc2o1. The molecule has 0 aliphatic carbocycles. The van der Waals surface area contributed by atoms with E-state index >= 15 is 0 Å². The van der Waals surface area contributed by atoms with Gasteiger partial charge in [0.15, 0.2) is 5.58 Å². The van der Waals surface area contributed by atoms with Crippen molar-refractivity contribution >= 4 is 22.9 Å². The lowest BCUT2D eigenvalue weighted by Gasteiger charge is -1.98. The summed E-state index contributed by atoms with van der Waals surface area (Å²) in [5, 5.41) is 0. The van der Waals surface area contributed by atoms with Gasteiger partial charge in [-0.05, 0) is 36.8 Å². The molecule has 0 amide bonds. The van der Waals surface area contributed by atoms with Gasteiger partial charge in [-0.2, -0.15) is 4.99 Å². The second-order valence-corrected chi connectivity index (χ2v) is 4.19. The van der Waals surface area contributed by atoms with E-state index in [1.807, 2.05) is 31.2 Å². The molecule has 0 saturated carbocycles. The van der Waals surface area contributed by atoms with Gasteiger partial charge in [0, 0.05) is 5.56 Å². The predicted octanol–water partition coefficient (Wildman–Crippen LogP) is 3.77. The average Bonchev–Trinajstić information content (AvgIpc) is 2.82. The topological polar surface area (TPSA) is 55.5 Å². The van der Waals surface area contributed by atoms with Gasteiger partial charge in [0.25, 0.3) is 0 Å². The molecule has 0 spiro atoms. The van der Waals surface area contributed by atoms with Crippen LogP contribution in [0.3, 0.4) is 0 Å². The van der Waals surface area contributed by atoms with Crippen LogP contribution in [0, 0.1) is 6.92 Å². The average molecular weight is 250 g/mol. The molecule has 0 aliphatic heterocycles. The van der Waals surface area contributed by atoms with E-state index in [4.69, 9.17) is 4.42 Å². The second kappa shape index (κ2) is 4.52. The van der Waals surface area contributed by atoms with Crippen LogP contribution in [0.1, 0.15) is 5.56 Å². The number of rotatable bonds is 2. The summed E-state index contributed by atoms with van der Waals surface area (Å²) in [7, 11) is 0. The number of carbonyl (C=O) groups excluding carboxylic acids is 1. The number of benzene rings is 2. The number of aromatic nitrogens is 1. The zero-order chi connectivity index (χ0) is 13.2. The van der Waals surface area contributed by atoms with E-state index in [1.54, 1.807) is 18.2 Å². The first-order valence-corrected chi connectivity index (χ1v) is 5.82. The molecule has 4 heteroatoms. The maximum Gasteiger partial charge on any atom is 0.240 e. The van der Waals surface area contributed by atoms with Crippen molar-refractivity contribution in [3.63, 3.8) is 0 Å². The zero-order valence-electron chi connectivity index (χ0n) is 10.3. The van der Waals surface area contributed by atoms with Gasteiger partial charge < -0.3 is 4.42 Å². The van der Waals surface area contributed by atoms with Crippen molar-refractivity contribution in [3.05, 3.63) is 48.0 Å². The van der Waals surface area contributed by atoms with Gasteiger partial charge >= 0.3 is 0 Å². The Kier molecular flexibility index (Phi) is 2.71. The van der Waals surface area contributed by atoms with E-state index in [0.717, 1.165) is 11.1 Å². The standard InChI is InChI=1S/C15H10N2O2/c1-10-4-2-3-5-12(10)15-17-13-8-11(16-9-18)6-7-14(13)19-15/h2-8H,1H3. The maximum atomic E-state index is 10.2. The van der Waals surface area contributed by atoms with Crippen LogP contribution < -0.4 is 0 Å². The highest BCUT2D eigenvalue weighted by atomic mass is 16.3. The summed E-state index contributed by atoms with van der Waals surface area (Å²) >= 11 is 0. The Labute approximate surface area is 109 Å². The first kappa shape index (κ1) is 11.4. The van der Waals surface area contributed by atoms with Crippen LogP contribution in [-0.2, 0) is 4.79 Å². The summed E-state index contributed by atoms with van der Waals surface area (Å²) in [6.45, 7) is 2.01. The lowest BCUT2D eigenvalue weighted by Crippen LogP contribution is -1.81. The molecule has 1 heterocycles. The summed E-state index contributed by atoms with van der Waals surface area (Å²) in [5.41, 5.74) is 3.92. The monoisotopic (exact) mass is 250 g/mol. The van der Waals surface area contributed by atoms with Crippen LogP contribution in [-0.4, -0.2) is 11.1 Å². The highest BCUT2D eigenvalue weighted by Crippen LogP contribution is 2.28. The van der Waals surface area contributed by atoms with Crippen LogP contribution in [0.4, 0.5) is 5.69 Å². The first-order valence-electron chi connectivity index (χ1n) is 5.82. The van der Waals surface area contributed by atoms with Crippen molar-refractivity contribution in [2.75, 3.05) is 0 Å². The number of nitrogens with zero attached hydrogens (tertiary/aromatic N) is 2. The normalized spacial score (nSPS) is 10.4. The Morgan fingerprint density at radius 3 is 2.84 bits per heavy atom. The molecule has 92 valence electrons. The van der Waals surface area contributed by atoms with Crippen molar-refractivity contribution < 1.29 is 9.21 Å². The minimum Gasteiger partial charge on any atom is -0.436 e. The fourth-order valence-electron chi connectivity index (χ4n) is 1.97. The van der Waals surface area contributed by atoms with Crippen molar-refractivity contribution in [3.8, 4) is 11.5 Å². The lowest BCUT2D eigenvalue weighted by atomic mass is 10.1. The maximum absolute atomic E-state index is 10.2. The smallest absolute Gasteiger partial charge is 0.240 e. The molecule has 0 saturated heterocycles. The number of isocyanates is 1. The van der Waals surface area contributed by atoms with E-state index in [1.165, 1.54) is 6.08 Å². The molecule has 0 radical (unpaired) electrons. The summed E-state index contributed by atoms with van der Waals surface area (Å²) in [6.07, 6.45) is 1.51. The largest absolute Gasteiger partial charge is 0.436 e. The third-order valence-corrected chi connectivity index (χ3v) is 2.92. The fourth-order valence-corrected chi connectivity index (χ4v) is 1.97. The summed E-state index contributed by atoms with van der Waals surface area (Å²) in [4.78, 5) is 18.2. The third kappa shape index (κ3) is 2.05. The number of oxazole rings is 1. The minimum atomic E-state index is 0.520. The fraction of sp³-hybridized carbons (Fsp3) is 0.0667. The molecule has 19 heavy (non-hydrogen) atoms. The van der Waals surface area contributed by atoms with E-state index in [-0.39, 0.29) is 0 Å². The quantitative estimate of drug-likeness (QED) is 0.514. The van der Waals surface area contributed by atoms with Gasteiger partial charge in [0.2, 0.25) is 12.0 Å². The third-order valence-electron chi connectivity index (χ3n) is 2.92. The van der Waals surface area contributed by atoms with Crippen LogP contribution >= 0.6 is 0 Å². The molecule has 3 aromatic rings. The van der Waals surface area contributed by atoms with Crippen LogP contribution in [0.5, 0.6) is 0 Å². The summed E-state index contributed by atoms with van der Waals surface area (Å²) < 4.78 is 5.72. The Morgan fingerprint density at radius 1 is 1.21 bits per heavy atom. The highest BCUT2D eigenvalue weighted by molar-refractivity contribution is 5.80. The van der Waals surface area contributed by atoms with Gasteiger partial charge in [-0.15, -0.1) is 0 Å². The van der Waals surface area contributed by atoms with Gasteiger partial charge in [0.05, 0.1) is 5.69 Å². The lowest BCUT2D eigenvalue weighted by molar-refractivity contribution is 0.565. The zero-order valence-corrected chi connectivity index (χ0v) is 10.3. The van der Waals surface area contributed by atoms with Gasteiger partial charge in [-0.3, -0.25) is 0 Å². The van der Waals surface area contributed by atoms with E-state index in [0.29, 0.717) is 22.7 Å². The number of aryl methyl sites for hydroxylation is 1. The van der Waals surface area contributed by atoms with E-state index < -0.39 is 0 Å². The Hall–Kier alpha value is -2.71. The van der Waals surface area contributed by atoms with E-state index in [2.05, 4.69) is 9.98 Å². The summed E-state index contributed by atoms with van der Waals surface area (Å²) in [6, 6.07) is 13.0. The number of aliphatic imine (C=N–C) groups is 1. The molecule has 0 unspecified atom stereocenters. The molecule has 0 atom stereocenters. The van der Waals surface area contributed by atoms with Gasteiger partial charge in [-0.25, -0.2) is 9.78 Å². The number of hydrogen-bond donors (Lipinski definition) is 0. The molecule has 3 rings (SSSR count). The van der Waals surface area contributed by atoms with Crippen LogP contribution in [0.2, 0.25) is 0 Å². The Balaban J connectivity index is 2.17. The Morgan fingerprint density at radius 2 is 2.05 bits per heavy atom. The summed E-state index contributed by atoms with van der Waals surface area (Å²) in [5.74, 6) is 0.570. The van der Waals surface area contributed by atoms with Gasteiger partial charge in [-0.1, -0.05) is 18.2 Å². The number of hydrogen-bond acceptors (Lipinski definition) is 4. The predicted molar refractivity (Wildman–Crippen MR) is 72.0 cm³/mol. The molecular weight excluding hydrogens is 240 g/mol. The molecule has 1 aromatic heterocycles. The van der Waals surface area contributed by atoms with Crippen molar-refractivity contribution in [2.24, 2.45) is 4.99 Å². The van der Waals surface area contributed by atoms with Crippen molar-refractivity contribution in [1.82, 2.24) is 4.98 Å². The highest BCUT2D eigenvalue weighted by Gasteiger charge is 2.10. The number of fused-ring (bicyclic) bond motifs is 1. The van der Waals surface area contributed by atoms with Crippen molar-refractivity contribution in [2.45, 2.75) is 6.92 Å². The van der Waals surface area contributed by atoms with Crippen molar-refractivity contribution in [1.29, 1.82) is 0 Å². The molecule has 0 bridgehead atoms. The molecule has 4 nitrogen and oxygen atoms in total. The molecular formula is C15H10N2O2. The van der Waals surface area contributed by atoms with Gasteiger partial charge in [0.1, 0.15) is 5.52 Å². The molecule has 2 aromatic carbocycles. The van der Waals surface area contributed by atoms with Crippen LogP contribution in [0.25, 0.3) is 22.6 Å².